The lowest BCUT2D eigenvalue weighted by Crippen LogP contribution is -2.49. The number of nitrogens with one attached hydrogen (secondary N) is 3. The van der Waals surface area contributed by atoms with Crippen LogP contribution in [0.2, 0.25) is 0 Å². The predicted molar refractivity (Wildman–Crippen MR) is 143 cm³/mol. The van der Waals surface area contributed by atoms with Crippen LogP contribution < -0.4 is 20.7 Å². The summed E-state index contributed by atoms with van der Waals surface area (Å²) in [6, 6.07) is 9.52. The van der Waals surface area contributed by atoms with Crippen LogP contribution in [0.15, 0.2) is 42.5 Å². The van der Waals surface area contributed by atoms with Gasteiger partial charge in [0.25, 0.3) is 0 Å². The number of carboxylic acids is 2. The van der Waals surface area contributed by atoms with E-state index in [1.807, 2.05) is 25.1 Å². The highest BCUT2D eigenvalue weighted by atomic mass is 16.5. The number of likely N-dealkylation sites (N-methyl/N-ethyl adjacent to an activating group) is 2. The Kier molecular flexibility index (Phi) is 11.1. The maximum Gasteiger partial charge on any atom is 0.326 e. The molecule has 0 saturated carbocycles. The van der Waals surface area contributed by atoms with Gasteiger partial charge in [-0.2, -0.15) is 0 Å². The SMILES string of the molecule is COc1cc(CC(=O)N(C)CCN(C)C(=O)NC(CC(=O)O)C(=O)O)ccc1NC(=O)Nc1ccccc1C. The first-order valence-corrected chi connectivity index (χ1v) is 11.9. The highest BCUT2D eigenvalue weighted by molar-refractivity contribution is 6.01. The topological polar surface area (TPSA) is 178 Å². The number of carboxylic acid groups (broad SMARTS) is 2. The molecule has 5 N–H and O–H groups in total. The summed E-state index contributed by atoms with van der Waals surface area (Å²) in [4.78, 5) is 61.9. The molecule has 39 heavy (non-hydrogen) atoms. The van der Waals surface area contributed by atoms with Crippen LogP contribution in [0.5, 0.6) is 5.75 Å². The Balaban J connectivity index is 1.91. The molecule has 0 saturated heterocycles. The molecule has 5 amide bonds. The Morgan fingerprint density at radius 2 is 1.56 bits per heavy atom. The van der Waals surface area contributed by atoms with Gasteiger partial charge in [0.2, 0.25) is 5.91 Å². The van der Waals surface area contributed by atoms with Gasteiger partial charge in [-0.05, 0) is 36.2 Å². The second-order valence-electron chi connectivity index (χ2n) is 8.78. The van der Waals surface area contributed by atoms with Gasteiger partial charge in [-0.1, -0.05) is 24.3 Å². The van der Waals surface area contributed by atoms with E-state index in [1.54, 1.807) is 31.3 Å². The smallest absolute Gasteiger partial charge is 0.326 e. The summed E-state index contributed by atoms with van der Waals surface area (Å²) in [6.07, 6.45) is -0.736. The first-order chi connectivity index (χ1) is 18.4. The maximum absolute atomic E-state index is 12.7. The molecule has 2 aromatic carbocycles. The molecular weight excluding hydrogens is 510 g/mol. The summed E-state index contributed by atoms with van der Waals surface area (Å²) in [6.45, 7) is 2.11. The van der Waals surface area contributed by atoms with Gasteiger partial charge in [0.05, 0.1) is 25.6 Å². The number of para-hydroxylation sites is 1. The summed E-state index contributed by atoms with van der Waals surface area (Å²) < 4.78 is 5.38. The van der Waals surface area contributed by atoms with Gasteiger partial charge in [0.15, 0.2) is 0 Å². The lowest BCUT2D eigenvalue weighted by molar-refractivity contribution is -0.145. The molecule has 0 heterocycles. The van der Waals surface area contributed by atoms with Gasteiger partial charge in [-0.3, -0.25) is 9.59 Å². The molecule has 0 radical (unpaired) electrons. The number of aliphatic carboxylic acids is 2. The molecule has 2 rings (SSSR count). The third kappa shape index (κ3) is 9.54. The summed E-state index contributed by atoms with van der Waals surface area (Å²) in [5.41, 5.74) is 2.64. The Bertz CT molecular complexity index is 1220. The lowest BCUT2D eigenvalue weighted by Gasteiger charge is -2.24. The fourth-order valence-corrected chi connectivity index (χ4v) is 3.41. The zero-order valence-corrected chi connectivity index (χ0v) is 22.2. The van der Waals surface area contributed by atoms with Gasteiger partial charge < -0.3 is 40.7 Å². The standard InChI is InChI=1S/C26H33N5O8/c1-16-7-5-6-8-18(16)27-25(37)28-19-10-9-17(13-21(19)39-4)14-22(32)30(2)11-12-31(3)26(38)29-20(24(35)36)15-23(33)34/h5-10,13,20H,11-12,14-15H2,1-4H3,(H,29,38)(H,33,34)(H,35,36)(H2,27,28,37). The maximum atomic E-state index is 12.7. The number of carbonyl (C=O) groups is 5. The Morgan fingerprint density at radius 3 is 2.18 bits per heavy atom. The number of hydrogen-bond donors (Lipinski definition) is 5. The molecule has 2 aromatic rings. The van der Waals surface area contributed by atoms with Crippen molar-refractivity contribution in [3.05, 3.63) is 53.6 Å². The molecule has 13 nitrogen and oxygen atoms in total. The fourth-order valence-electron chi connectivity index (χ4n) is 3.41. The van der Waals surface area contributed by atoms with Gasteiger partial charge in [0, 0.05) is 32.9 Å². The van der Waals surface area contributed by atoms with E-state index in [0.29, 0.717) is 22.7 Å². The van der Waals surface area contributed by atoms with Crippen LogP contribution in [0, 0.1) is 6.92 Å². The van der Waals surface area contributed by atoms with Crippen molar-refractivity contribution in [3.63, 3.8) is 0 Å². The first-order valence-electron chi connectivity index (χ1n) is 11.9. The van der Waals surface area contributed by atoms with E-state index in [2.05, 4.69) is 16.0 Å². The molecule has 0 aliphatic heterocycles. The minimum absolute atomic E-state index is 0.0259. The van der Waals surface area contributed by atoms with E-state index in [9.17, 15) is 24.0 Å². The Hall–Kier alpha value is -4.81. The monoisotopic (exact) mass is 543 g/mol. The van der Waals surface area contributed by atoms with Crippen LogP contribution >= 0.6 is 0 Å². The molecular formula is C26H33N5O8. The van der Waals surface area contributed by atoms with E-state index < -0.39 is 36.5 Å². The third-order valence-corrected chi connectivity index (χ3v) is 5.78. The normalized spacial score (nSPS) is 11.1. The van der Waals surface area contributed by atoms with Gasteiger partial charge in [-0.25, -0.2) is 14.4 Å². The van der Waals surface area contributed by atoms with Crippen molar-refractivity contribution >= 4 is 41.3 Å². The van der Waals surface area contributed by atoms with E-state index in [4.69, 9.17) is 14.9 Å². The number of rotatable bonds is 12. The summed E-state index contributed by atoms with van der Waals surface area (Å²) in [5, 5.41) is 25.5. The Labute approximate surface area is 225 Å². The molecule has 0 spiro atoms. The highest BCUT2D eigenvalue weighted by Crippen LogP contribution is 2.26. The quantitative estimate of drug-likeness (QED) is 0.270. The molecule has 0 aliphatic rings. The molecule has 0 aliphatic carbocycles. The van der Waals surface area contributed by atoms with Crippen molar-refractivity contribution in [2.45, 2.75) is 25.8 Å². The second-order valence-corrected chi connectivity index (χ2v) is 8.78. The molecule has 1 unspecified atom stereocenters. The van der Waals surface area contributed by atoms with Crippen LogP contribution in [0.4, 0.5) is 21.0 Å². The molecule has 0 fully saturated rings. The highest BCUT2D eigenvalue weighted by Gasteiger charge is 2.24. The predicted octanol–water partition coefficient (Wildman–Crippen LogP) is 2.22. The zero-order valence-electron chi connectivity index (χ0n) is 22.2. The Morgan fingerprint density at radius 1 is 0.923 bits per heavy atom. The van der Waals surface area contributed by atoms with Crippen molar-refractivity contribution in [3.8, 4) is 5.75 Å². The average Bonchev–Trinajstić information content (AvgIpc) is 2.88. The van der Waals surface area contributed by atoms with Crippen LogP contribution in [0.1, 0.15) is 17.5 Å². The molecule has 210 valence electrons. The third-order valence-electron chi connectivity index (χ3n) is 5.78. The van der Waals surface area contributed by atoms with Crippen LogP contribution in [0.3, 0.4) is 0 Å². The number of aryl methyl sites for hydroxylation is 1. The minimum Gasteiger partial charge on any atom is -0.495 e. The number of methoxy groups -OCH3 is 1. The number of carbonyl (C=O) groups excluding carboxylic acids is 3. The van der Waals surface area contributed by atoms with Crippen molar-refractivity contribution in [1.82, 2.24) is 15.1 Å². The number of anilines is 2. The number of amides is 5. The largest absolute Gasteiger partial charge is 0.495 e. The summed E-state index contributed by atoms with van der Waals surface area (Å²) in [5.74, 6) is -2.71. The van der Waals surface area contributed by atoms with Crippen molar-refractivity contribution in [2.75, 3.05) is 44.9 Å². The van der Waals surface area contributed by atoms with Gasteiger partial charge >= 0.3 is 24.0 Å². The number of urea groups is 2. The molecule has 0 bridgehead atoms. The first kappa shape index (κ1) is 30.4. The van der Waals surface area contributed by atoms with E-state index in [-0.39, 0.29) is 25.4 Å². The number of ether oxygens (including phenoxy) is 1. The summed E-state index contributed by atoms with van der Waals surface area (Å²) in [7, 11) is 4.41. The minimum atomic E-state index is -1.57. The lowest BCUT2D eigenvalue weighted by atomic mass is 10.1. The van der Waals surface area contributed by atoms with Crippen LogP contribution in [0.25, 0.3) is 0 Å². The summed E-state index contributed by atoms with van der Waals surface area (Å²) >= 11 is 0. The van der Waals surface area contributed by atoms with E-state index >= 15 is 0 Å². The van der Waals surface area contributed by atoms with Gasteiger partial charge in [0.1, 0.15) is 11.8 Å². The zero-order chi connectivity index (χ0) is 29.1. The van der Waals surface area contributed by atoms with Crippen LogP contribution in [-0.4, -0.2) is 90.3 Å². The average molecular weight is 544 g/mol. The van der Waals surface area contributed by atoms with Gasteiger partial charge in [-0.15, -0.1) is 0 Å². The number of hydrogen-bond acceptors (Lipinski definition) is 6. The molecule has 1 atom stereocenters. The number of nitrogens with zero attached hydrogens (tertiary/aromatic N) is 2. The van der Waals surface area contributed by atoms with E-state index in [0.717, 1.165) is 10.5 Å². The second kappa shape index (κ2) is 14.2. The van der Waals surface area contributed by atoms with Crippen molar-refractivity contribution < 1.29 is 38.9 Å². The van der Waals surface area contributed by atoms with Crippen molar-refractivity contribution in [1.29, 1.82) is 0 Å². The number of benzene rings is 2. The molecule has 13 heteroatoms. The van der Waals surface area contributed by atoms with Crippen molar-refractivity contribution in [2.24, 2.45) is 0 Å². The fraction of sp³-hybridized carbons (Fsp3) is 0.346. The molecule has 0 aromatic heterocycles. The van der Waals surface area contributed by atoms with Crippen LogP contribution in [-0.2, 0) is 20.8 Å². The van der Waals surface area contributed by atoms with E-state index in [1.165, 1.54) is 19.1 Å².